The molecule has 3 aromatic heterocycles. The van der Waals surface area contributed by atoms with E-state index in [1.165, 1.54) is 20.3 Å². The van der Waals surface area contributed by atoms with Crippen molar-refractivity contribution in [3.63, 3.8) is 0 Å². The van der Waals surface area contributed by atoms with Gasteiger partial charge in [-0.1, -0.05) is 0 Å². The van der Waals surface area contributed by atoms with Gasteiger partial charge < -0.3 is 18.9 Å². The number of ether oxygens (including phenoxy) is 2. The molecule has 0 aliphatic carbocycles. The number of methoxy groups -OCH3 is 2. The molecule has 0 saturated carbocycles. The van der Waals surface area contributed by atoms with Gasteiger partial charge >= 0.3 is 0 Å². The Labute approximate surface area is 153 Å². The zero-order valence-corrected chi connectivity index (χ0v) is 15.0. The molecule has 4 aromatic rings. The summed E-state index contributed by atoms with van der Waals surface area (Å²) in [7, 11) is 3.03. The first-order valence-electron chi connectivity index (χ1n) is 8.27. The highest BCUT2D eigenvalue weighted by Crippen LogP contribution is 2.30. The number of hydrogen-bond donors (Lipinski definition) is 1. The van der Waals surface area contributed by atoms with E-state index in [1.807, 2.05) is 0 Å². The molecule has 1 aromatic carbocycles. The molecule has 0 fully saturated rings. The predicted molar refractivity (Wildman–Crippen MR) is 98.2 cm³/mol. The fraction of sp³-hybridized carbons (Fsp3) is 0.211. The van der Waals surface area contributed by atoms with Crippen molar-refractivity contribution < 1.29 is 13.9 Å². The topological polar surface area (TPSA) is 81.5 Å². The standard InChI is InChI=1S/C19H17FN4O3/c1-10-8-24-9-11(21-18(24)6-13(10)20)4-17-22-14-7-16(27-3)15(26-2)5-12(14)19(25)23-17/h5-9H,4H2,1-3H3,(H,22,23,25). The Morgan fingerprint density at radius 2 is 1.85 bits per heavy atom. The predicted octanol–water partition coefficient (Wildman–Crippen LogP) is 2.63. The summed E-state index contributed by atoms with van der Waals surface area (Å²) in [5.41, 5.74) is 1.93. The minimum atomic E-state index is -0.307. The van der Waals surface area contributed by atoms with Gasteiger partial charge in [-0.2, -0.15) is 0 Å². The minimum Gasteiger partial charge on any atom is -0.493 e. The third-order valence-electron chi connectivity index (χ3n) is 4.38. The van der Waals surface area contributed by atoms with Crippen LogP contribution in [0.5, 0.6) is 11.5 Å². The number of aromatic amines is 1. The van der Waals surface area contributed by atoms with E-state index >= 15 is 0 Å². The van der Waals surface area contributed by atoms with Crippen LogP contribution in [0.4, 0.5) is 4.39 Å². The molecular weight excluding hydrogens is 351 g/mol. The Morgan fingerprint density at radius 1 is 1.11 bits per heavy atom. The van der Waals surface area contributed by atoms with Crippen molar-refractivity contribution in [3.05, 3.63) is 63.8 Å². The second-order valence-corrected chi connectivity index (χ2v) is 6.22. The van der Waals surface area contributed by atoms with Crippen molar-refractivity contribution in [2.75, 3.05) is 14.2 Å². The molecule has 0 amide bonds. The van der Waals surface area contributed by atoms with Crippen LogP contribution in [0.3, 0.4) is 0 Å². The van der Waals surface area contributed by atoms with E-state index in [0.717, 1.165) is 0 Å². The molecule has 0 spiro atoms. The van der Waals surface area contributed by atoms with Gasteiger partial charge in [0.1, 0.15) is 17.3 Å². The number of H-pyrrole nitrogens is 1. The quantitative estimate of drug-likeness (QED) is 0.599. The summed E-state index contributed by atoms with van der Waals surface area (Å²) in [6.07, 6.45) is 3.78. The summed E-state index contributed by atoms with van der Waals surface area (Å²) in [4.78, 5) is 24.1. The molecule has 4 rings (SSSR count). The van der Waals surface area contributed by atoms with Crippen LogP contribution < -0.4 is 15.0 Å². The van der Waals surface area contributed by atoms with Crippen LogP contribution >= 0.6 is 0 Å². The van der Waals surface area contributed by atoms with Gasteiger partial charge in [0.15, 0.2) is 11.5 Å². The van der Waals surface area contributed by atoms with E-state index in [2.05, 4.69) is 15.0 Å². The number of nitrogens with zero attached hydrogens (tertiary/aromatic N) is 3. The lowest BCUT2D eigenvalue weighted by atomic mass is 10.2. The number of benzene rings is 1. The molecular formula is C19H17FN4O3. The Kier molecular flexibility index (Phi) is 4.02. The normalized spacial score (nSPS) is 11.3. The van der Waals surface area contributed by atoms with Crippen molar-refractivity contribution >= 4 is 16.6 Å². The molecule has 3 heterocycles. The Balaban J connectivity index is 1.77. The molecule has 8 heteroatoms. The Morgan fingerprint density at radius 3 is 2.59 bits per heavy atom. The molecule has 7 nitrogen and oxygen atoms in total. The van der Waals surface area contributed by atoms with Crippen molar-refractivity contribution in [2.45, 2.75) is 13.3 Å². The van der Waals surface area contributed by atoms with Gasteiger partial charge in [-0.05, 0) is 13.0 Å². The zero-order valence-electron chi connectivity index (χ0n) is 15.0. The lowest BCUT2D eigenvalue weighted by molar-refractivity contribution is 0.355. The smallest absolute Gasteiger partial charge is 0.258 e. The maximum atomic E-state index is 13.7. The number of imidazole rings is 1. The fourth-order valence-electron chi connectivity index (χ4n) is 3.02. The SMILES string of the molecule is COc1cc2nc(Cc3cn4cc(C)c(F)cc4n3)[nH]c(=O)c2cc1OC. The van der Waals surface area contributed by atoms with E-state index in [4.69, 9.17) is 9.47 Å². The number of aromatic nitrogens is 4. The van der Waals surface area contributed by atoms with Crippen LogP contribution in [0.1, 0.15) is 17.1 Å². The van der Waals surface area contributed by atoms with E-state index in [1.54, 1.807) is 35.9 Å². The second-order valence-electron chi connectivity index (χ2n) is 6.22. The van der Waals surface area contributed by atoms with E-state index in [-0.39, 0.29) is 11.4 Å². The number of halogens is 1. The van der Waals surface area contributed by atoms with Crippen molar-refractivity contribution in [2.24, 2.45) is 0 Å². The molecule has 138 valence electrons. The molecule has 0 radical (unpaired) electrons. The molecule has 0 aliphatic rings. The number of aryl methyl sites for hydroxylation is 1. The number of hydrogen-bond acceptors (Lipinski definition) is 5. The number of pyridine rings is 1. The fourth-order valence-corrected chi connectivity index (χ4v) is 3.02. The zero-order chi connectivity index (χ0) is 19.1. The van der Waals surface area contributed by atoms with Crippen molar-refractivity contribution in [1.29, 1.82) is 0 Å². The Hall–Kier alpha value is -3.42. The highest BCUT2D eigenvalue weighted by atomic mass is 19.1. The summed E-state index contributed by atoms with van der Waals surface area (Å²) in [6, 6.07) is 4.64. The first-order valence-corrected chi connectivity index (χ1v) is 8.27. The van der Waals surface area contributed by atoms with Gasteiger partial charge in [0, 0.05) is 36.5 Å². The molecule has 0 atom stereocenters. The summed E-state index contributed by atoms with van der Waals surface area (Å²) in [5.74, 6) is 1.11. The third-order valence-corrected chi connectivity index (χ3v) is 4.38. The Bertz CT molecular complexity index is 1190. The monoisotopic (exact) mass is 368 g/mol. The first-order chi connectivity index (χ1) is 13.0. The van der Waals surface area contributed by atoms with Gasteiger partial charge in [0.25, 0.3) is 5.56 Å². The average molecular weight is 368 g/mol. The second kappa shape index (κ2) is 6.39. The summed E-state index contributed by atoms with van der Waals surface area (Å²) >= 11 is 0. The maximum Gasteiger partial charge on any atom is 0.258 e. The molecule has 27 heavy (non-hydrogen) atoms. The average Bonchev–Trinajstić information content (AvgIpc) is 3.01. The highest BCUT2D eigenvalue weighted by Gasteiger charge is 2.12. The van der Waals surface area contributed by atoms with Gasteiger partial charge in [-0.3, -0.25) is 4.79 Å². The van der Waals surface area contributed by atoms with Crippen molar-refractivity contribution in [3.8, 4) is 11.5 Å². The van der Waals surface area contributed by atoms with Crippen LogP contribution in [-0.4, -0.2) is 33.6 Å². The van der Waals surface area contributed by atoms with Crippen LogP contribution in [0, 0.1) is 12.7 Å². The lowest BCUT2D eigenvalue weighted by Crippen LogP contribution is -2.12. The first kappa shape index (κ1) is 17.0. The maximum absolute atomic E-state index is 13.7. The van der Waals surface area contributed by atoms with Crippen LogP contribution in [0.15, 0.2) is 35.4 Å². The van der Waals surface area contributed by atoms with E-state index in [9.17, 15) is 9.18 Å². The number of nitrogens with one attached hydrogen (secondary N) is 1. The van der Waals surface area contributed by atoms with E-state index in [0.29, 0.717) is 51.6 Å². The summed E-state index contributed by atoms with van der Waals surface area (Å²) in [6.45, 7) is 1.69. The molecule has 0 saturated heterocycles. The van der Waals surface area contributed by atoms with Gasteiger partial charge in [-0.25, -0.2) is 14.4 Å². The van der Waals surface area contributed by atoms with Crippen LogP contribution in [-0.2, 0) is 6.42 Å². The summed E-state index contributed by atoms with van der Waals surface area (Å²) in [5, 5.41) is 0.407. The van der Waals surface area contributed by atoms with Crippen LogP contribution in [0.2, 0.25) is 0 Å². The van der Waals surface area contributed by atoms with E-state index < -0.39 is 0 Å². The molecule has 0 unspecified atom stereocenters. The van der Waals surface area contributed by atoms with Gasteiger partial charge in [0.2, 0.25) is 0 Å². The van der Waals surface area contributed by atoms with Gasteiger partial charge in [-0.15, -0.1) is 0 Å². The lowest BCUT2D eigenvalue weighted by Gasteiger charge is -2.09. The minimum absolute atomic E-state index is 0.276. The number of fused-ring (bicyclic) bond motifs is 2. The largest absolute Gasteiger partial charge is 0.493 e. The number of rotatable bonds is 4. The third kappa shape index (κ3) is 2.99. The highest BCUT2D eigenvalue weighted by molar-refractivity contribution is 5.81. The van der Waals surface area contributed by atoms with Crippen molar-refractivity contribution in [1.82, 2.24) is 19.4 Å². The molecule has 1 N–H and O–H groups in total. The summed E-state index contributed by atoms with van der Waals surface area (Å²) < 4.78 is 26.0. The molecule has 0 bridgehead atoms. The molecule has 0 aliphatic heterocycles. The van der Waals surface area contributed by atoms with Crippen LogP contribution in [0.25, 0.3) is 16.6 Å². The van der Waals surface area contributed by atoms with Gasteiger partial charge in [0.05, 0.1) is 30.8 Å².